The van der Waals surface area contributed by atoms with Gasteiger partial charge in [0.15, 0.2) is 6.10 Å². The third-order valence-corrected chi connectivity index (χ3v) is 15.0. The van der Waals surface area contributed by atoms with Gasteiger partial charge in [0.25, 0.3) is 0 Å². The molecule has 6 nitrogen and oxygen atoms in total. The number of esters is 3. The van der Waals surface area contributed by atoms with Crippen molar-refractivity contribution in [1.29, 1.82) is 0 Å². The second-order valence-electron chi connectivity index (χ2n) is 23.1. The van der Waals surface area contributed by atoms with Crippen LogP contribution in [0.3, 0.4) is 0 Å². The molecule has 1 unspecified atom stereocenters. The monoisotopic (exact) mass is 1140 g/mol. The standard InChI is InChI=1S/C76H130O6/c1-4-7-10-13-16-19-22-25-28-31-32-33-34-35-36-37-38-39-40-41-42-43-44-46-48-51-54-57-60-63-66-69-75(78)81-72-73(71-80-74(77)68-65-62-59-56-53-50-47-30-27-24-21-18-15-12-9-6-3)82-76(79)70-67-64-61-58-55-52-49-45-29-26-23-20-17-14-11-8-5-2/h7,10,16,19,21,24-25,28,30,32-33,35-36,38-39,41-42,47,73H,4-6,8-9,11-15,17-18,20,22-23,26-27,29,31,34,37,40,43-46,48-72H2,1-3H3/b10-7-,19-16-,24-21-,28-25-,33-32-,36-35-,39-38-,42-41-,47-30-. The van der Waals surface area contributed by atoms with Crippen LogP contribution in [0.4, 0.5) is 0 Å². The molecule has 470 valence electrons. The minimum absolute atomic E-state index is 0.0834. The van der Waals surface area contributed by atoms with Gasteiger partial charge in [0.1, 0.15) is 13.2 Å². The van der Waals surface area contributed by atoms with Crippen LogP contribution in [0.1, 0.15) is 335 Å². The predicted octanol–water partition coefficient (Wildman–Crippen LogP) is 24.2. The van der Waals surface area contributed by atoms with E-state index in [4.69, 9.17) is 14.2 Å². The molecular formula is C76H130O6. The van der Waals surface area contributed by atoms with Crippen LogP contribution in [0.15, 0.2) is 109 Å². The highest BCUT2D eigenvalue weighted by atomic mass is 16.6. The Bertz CT molecular complexity index is 1640. The number of hydrogen-bond donors (Lipinski definition) is 0. The highest BCUT2D eigenvalue weighted by Gasteiger charge is 2.19. The molecule has 0 saturated carbocycles. The maximum absolute atomic E-state index is 12.9. The van der Waals surface area contributed by atoms with Crippen molar-refractivity contribution in [1.82, 2.24) is 0 Å². The zero-order valence-corrected chi connectivity index (χ0v) is 54.0. The summed E-state index contributed by atoms with van der Waals surface area (Å²) in [7, 11) is 0. The van der Waals surface area contributed by atoms with Gasteiger partial charge in [-0.2, -0.15) is 0 Å². The van der Waals surface area contributed by atoms with E-state index in [2.05, 4.69) is 130 Å². The van der Waals surface area contributed by atoms with Crippen LogP contribution >= 0.6 is 0 Å². The lowest BCUT2D eigenvalue weighted by atomic mass is 10.0. The van der Waals surface area contributed by atoms with Gasteiger partial charge in [-0.05, 0) is 109 Å². The Morgan fingerprint density at radius 3 is 0.756 bits per heavy atom. The van der Waals surface area contributed by atoms with Crippen molar-refractivity contribution in [2.24, 2.45) is 0 Å². The van der Waals surface area contributed by atoms with E-state index in [1.165, 1.54) is 167 Å². The Balaban J connectivity index is 4.32. The van der Waals surface area contributed by atoms with Crippen molar-refractivity contribution in [2.75, 3.05) is 13.2 Å². The molecule has 0 aromatic heterocycles. The van der Waals surface area contributed by atoms with Gasteiger partial charge in [-0.25, -0.2) is 0 Å². The molecule has 0 aliphatic carbocycles. The van der Waals surface area contributed by atoms with Crippen molar-refractivity contribution >= 4 is 17.9 Å². The van der Waals surface area contributed by atoms with Crippen LogP contribution < -0.4 is 0 Å². The highest BCUT2D eigenvalue weighted by Crippen LogP contribution is 2.17. The molecule has 1 atom stereocenters. The Morgan fingerprint density at radius 1 is 0.256 bits per heavy atom. The fourth-order valence-electron chi connectivity index (χ4n) is 9.81. The van der Waals surface area contributed by atoms with Gasteiger partial charge in [-0.1, -0.05) is 316 Å². The molecule has 0 bridgehead atoms. The molecule has 6 heteroatoms. The summed E-state index contributed by atoms with van der Waals surface area (Å²) >= 11 is 0. The van der Waals surface area contributed by atoms with Gasteiger partial charge < -0.3 is 14.2 Å². The number of hydrogen-bond acceptors (Lipinski definition) is 6. The van der Waals surface area contributed by atoms with Crippen LogP contribution in [0.2, 0.25) is 0 Å². The van der Waals surface area contributed by atoms with E-state index in [-0.39, 0.29) is 31.1 Å². The van der Waals surface area contributed by atoms with E-state index in [1.54, 1.807) is 0 Å². The molecule has 0 spiro atoms. The second-order valence-corrected chi connectivity index (χ2v) is 23.1. The largest absolute Gasteiger partial charge is 0.462 e. The van der Waals surface area contributed by atoms with Gasteiger partial charge in [-0.3, -0.25) is 14.4 Å². The molecule has 0 amide bonds. The number of carbonyl (C=O) groups is 3. The first-order valence-corrected chi connectivity index (χ1v) is 34.9. The summed E-state index contributed by atoms with van der Waals surface area (Å²) < 4.78 is 17.0. The van der Waals surface area contributed by atoms with Crippen LogP contribution in [0.25, 0.3) is 0 Å². The van der Waals surface area contributed by atoms with Crippen molar-refractivity contribution in [3.8, 4) is 0 Å². The summed E-state index contributed by atoms with van der Waals surface area (Å²) in [6.07, 6.45) is 95.3. The average Bonchev–Trinajstić information content (AvgIpc) is 3.48. The van der Waals surface area contributed by atoms with Crippen LogP contribution in [-0.4, -0.2) is 37.2 Å². The van der Waals surface area contributed by atoms with E-state index in [9.17, 15) is 14.4 Å². The molecule has 0 N–H and O–H groups in total. The maximum atomic E-state index is 12.9. The van der Waals surface area contributed by atoms with Crippen molar-refractivity contribution < 1.29 is 28.6 Å². The van der Waals surface area contributed by atoms with Crippen LogP contribution in [0, 0.1) is 0 Å². The maximum Gasteiger partial charge on any atom is 0.306 e. The number of ether oxygens (including phenoxy) is 3. The second kappa shape index (κ2) is 69.6. The van der Waals surface area contributed by atoms with Crippen LogP contribution in [-0.2, 0) is 28.6 Å². The predicted molar refractivity (Wildman–Crippen MR) is 357 cm³/mol. The van der Waals surface area contributed by atoms with Gasteiger partial charge in [0.2, 0.25) is 0 Å². The Kier molecular flexibility index (Phi) is 66.2. The first kappa shape index (κ1) is 78.1. The zero-order chi connectivity index (χ0) is 59.2. The first-order valence-electron chi connectivity index (χ1n) is 34.9. The molecule has 0 aromatic rings. The molecule has 0 aliphatic rings. The number of unbranched alkanes of at least 4 members (excludes halogenated alkanes) is 34. The summed E-state index contributed by atoms with van der Waals surface area (Å²) in [6, 6.07) is 0. The lowest BCUT2D eigenvalue weighted by molar-refractivity contribution is -0.167. The quantitative estimate of drug-likeness (QED) is 0.0261. The smallest absolute Gasteiger partial charge is 0.306 e. The van der Waals surface area contributed by atoms with Gasteiger partial charge in [0, 0.05) is 19.3 Å². The molecule has 0 radical (unpaired) electrons. The molecule has 0 fully saturated rings. The summed E-state index contributed by atoms with van der Waals surface area (Å²) in [6.45, 7) is 6.53. The Hall–Kier alpha value is -3.93. The normalized spacial score (nSPS) is 12.8. The summed E-state index contributed by atoms with van der Waals surface area (Å²) in [5.74, 6) is -0.887. The first-order chi connectivity index (χ1) is 40.5. The fraction of sp³-hybridized carbons (Fsp3) is 0.724. The minimum atomic E-state index is -0.787. The van der Waals surface area contributed by atoms with Crippen LogP contribution in [0.5, 0.6) is 0 Å². The minimum Gasteiger partial charge on any atom is -0.462 e. The average molecular weight is 1140 g/mol. The van der Waals surface area contributed by atoms with Gasteiger partial charge in [-0.15, -0.1) is 0 Å². The SMILES string of the molecule is CC/C=C\C/C=C\C/C=C\C/C=C\C/C=C\C/C=C\C/C=C\CCCCCCCCCCCC(=O)OCC(COC(=O)CCCCCCC/C=C\C/C=C\CCCCCC)OC(=O)CCCCCCCCCCCCCCCCCCC. The van der Waals surface area contributed by atoms with E-state index >= 15 is 0 Å². The molecule has 0 aromatic carbocycles. The molecule has 0 aliphatic heterocycles. The topological polar surface area (TPSA) is 78.9 Å². The van der Waals surface area contributed by atoms with E-state index < -0.39 is 6.10 Å². The third kappa shape index (κ3) is 66.9. The molecular weight excluding hydrogens is 1010 g/mol. The summed E-state index contributed by atoms with van der Waals surface area (Å²) in [5, 5.41) is 0. The molecule has 82 heavy (non-hydrogen) atoms. The molecule has 0 saturated heterocycles. The summed E-state index contributed by atoms with van der Waals surface area (Å²) in [5.41, 5.74) is 0. The lowest BCUT2D eigenvalue weighted by Gasteiger charge is -2.18. The zero-order valence-electron chi connectivity index (χ0n) is 54.0. The van der Waals surface area contributed by atoms with Gasteiger partial charge in [0.05, 0.1) is 0 Å². The number of rotatable bonds is 63. The van der Waals surface area contributed by atoms with E-state index in [0.717, 1.165) is 128 Å². The molecule has 0 rings (SSSR count). The molecule has 0 heterocycles. The van der Waals surface area contributed by atoms with Crippen molar-refractivity contribution in [2.45, 2.75) is 341 Å². The highest BCUT2D eigenvalue weighted by molar-refractivity contribution is 5.71. The third-order valence-electron chi connectivity index (χ3n) is 15.0. The summed E-state index contributed by atoms with van der Waals surface area (Å²) in [4.78, 5) is 38.4. The van der Waals surface area contributed by atoms with Crippen molar-refractivity contribution in [3.05, 3.63) is 109 Å². The number of allylic oxidation sites excluding steroid dienone is 18. The fourth-order valence-corrected chi connectivity index (χ4v) is 9.81. The Labute approximate surface area is 508 Å². The van der Waals surface area contributed by atoms with Crippen molar-refractivity contribution in [3.63, 3.8) is 0 Å². The van der Waals surface area contributed by atoms with Gasteiger partial charge >= 0.3 is 17.9 Å². The number of carbonyl (C=O) groups excluding carboxylic acids is 3. The lowest BCUT2D eigenvalue weighted by Crippen LogP contribution is -2.30. The van der Waals surface area contributed by atoms with E-state index in [0.29, 0.717) is 19.3 Å². The Morgan fingerprint density at radius 2 is 0.476 bits per heavy atom. The van der Waals surface area contributed by atoms with E-state index in [1.807, 2.05) is 0 Å².